The molecule has 1 nitrogen and oxygen atoms in total. The first kappa shape index (κ1) is 10.5. The van der Waals surface area contributed by atoms with Gasteiger partial charge in [-0.05, 0) is 43.7 Å². The second-order valence-electron chi connectivity index (χ2n) is 3.54. The van der Waals surface area contributed by atoms with E-state index in [1.807, 2.05) is 11.8 Å². The summed E-state index contributed by atoms with van der Waals surface area (Å²) in [7, 11) is 0. The second-order valence-corrected chi connectivity index (χ2v) is 5.83. The number of benzene rings is 1. The number of thioether (sulfide) groups is 1. The molecular weight excluding hydrogens is 258 g/mol. The zero-order valence-electron chi connectivity index (χ0n) is 8.00. The van der Waals surface area contributed by atoms with Crippen molar-refractivity contribution < 1.29 is 0 Å². The van der Waals surface area contributed by atoms with Crippen LogP contribution >= 0.6 is 27.7 Å². The van der Waals surface area contributed by atoms with Gasteiger partial charge in [0.05, 0.1) is 0 Å². The van der Waals surface area contributed by atoms with Crippen molar-refractivity contribution in [2.24, 2.45) is 0 Å². The molecule has 76 valence electrons. The van der Waals surface area contributed by atoms with Crippen molar-refractivity contribution in [1.82, 2.24) is 5.32 Å². The van der Waals surface area contributed by atoms with E-state index in [4.69, 9.17) is 0 Å². The molecule has 1 atom stereocenters. The second kappa shape index (κ2) is 5.19. The SMILES string of the molecule is Brc1ccc(SC2CCCNC2)cc1. The van der Waals surface area contributed by atoms with Crippen LogP contribution in [-0.2, 0) is 0 Å². The molecule has 0 amide bonds. The van der Waals surface area contributed by atoms with Gasteiger partial charge >= 0.3 is 0 Å². The van der Waals surface area contributed by atoms with Gasteiger partial charge in [-0.3, -0.25) is 0 Å². The molecule has 2 rings (SSSR count). The molecule has 1 aromatic rings. The lowest BCUT2D eigenvalue weighted by Gasteiger charge is -2.22. The molecule has 1 aromatic carbocycles. The van der Waals surface area contributed by atoms with Crippen LogP contribution in [0.2, 0.25) is 0 Å². The number of nitrogens with one attached hydrogen (secondary N) is 1. The maximum Gasteiger partial charge on any atom is 0.0220 e. The van der Waals surface area contributed by atoms with Gasteiger partial charge in [0.25, 0.3) is 0 Å². The first-order valence-corrected chi connectivity index (χ1v) is 6.65. The molecular formula is C11H14BrNS. The molecule has 0 bridgehead atoms. The van der Waals surface area contributed by atoms with Gasteiger partial charge in [-0.25, -0.2) is 0 Å². The molecule has 0 saturated carbocycles. The van der Waals surface area contributed by atoms with Gasteiger partial charge in [-0.15, -0.1) is 11.8 Å². The Labute approximate surface area is 97.8 Å². The van der Waals surface area contributed by atoms with Crippen LogP contribution in [0.3, 0.4) is 0 Å². The fourth-order valence-electron chi connectivity index (χ4n) is 1.63. The Kier molecular flexibility index (Phi) is 3.90. The predicted molar refractivity (Wildman–Crippen MR) is 65.9 cm³/mol. The van der Waals surface area contributed by atoms with Gasteiger partial charge in [0, 0.05) is 21.2 Å². The Morgan fingerprint density at radius 3 is 2.71 bits per heavy atom. The summed E-state index contributed by atoms with van der Waals surface area (Å²) in [4.78, 5) is 1.38. The van der Waals surface area contributed by atoms with Crippen LogP contribution in [-0.4, -0.2) is 18.3 Å². The lowest BCUT2D eigenvalue weighted by atomic mass is 10.2. The Hall–Kier alpha value is 0.01000. The van der Waals surface area contributed by atoms with Crippen LogP contribution in [0.5, 0.6) is 0 Å². The largest absolute Gasteiger partial charge is 0.316 e. The lowest BCUT2D eigenvalue weighted by molar-refractivity contribution is 0.531. The van der Waals surface area contributed by atoms with E-state index in [2.05, 4.69) is 45.5 Å². The van der Waals surface area contributed by atoms with Crippen molar-refractivity contribution in [3.63, 3.8) is 0 Å². The molecule has 0 radical (unpaired) electrons. The fourth-order valence-corrected chi connectivity index (χ4v) is 3.05. The third kappa shape index (κ3) is 3.01. The van der Waals surface area contributed by atoms with E-state index in [0.717, 1.165) is 16.3 Å². The van der Waals surface area contributed by atoms with Gasteiger partial charge in [-0.1, -0.05) is 15.9 Å². The van der Waals surface area contributed by atoms with Crippen LogP contribution in [0.1, 0.15) is 12.8 Å². The van der Waals surface area contributed by atoms with E-state index >= 15 is 0 Å². The van der Waals surface area contributed by atoms with E-state index < -0.39 is 0 Å². The van der Waals surface area contributed by atoms with Crippen LogP contribution in [0, 0.1) is 0 Å². The Bertz CT molecular complexity index is 280. The molecule has 1 N–H and O–H groups in total. The average Bonchev–Trinajstić information content (AvgIpc) is 2.23. The van der Waals surface area contributed by atoms with Crippen LogP contribution < -0.4 is 5.32 Å². The normalized spacial score (nSPS) is 22.2. The van der Waals surface area contributed by atoms with Crippen molar-refractivity contribution in [2.45, 2.75) is 23.0 Å². The van der Waals surface area contributed by atoms with E-state index in [0.29, 0.717) is 0 Å². The smallest absolute Gasteiger partial charge is 0.0220 e. The maximum absolute atomic E-state index is 3.45. The first-order valence-electron chi connectivity index (χ1n) is 4.97. The van der Waals surface area contributed by atoms with E-state index in [1.54, 1.807) is 0 Å². The minimum absolute atomic E-state index is 0.755. The molecule has 14 heavy (non-hydrogen) atoms. The van der Waals surface area contributed by atoms with Gasteiger partial charge in [0.15, 0.2) is 0 Å². The maximum atomic E-state index is 3.45. The highest BCUT2D eigenvalue weighted by Gasteiger charge is 2.13. The first-order chi connectivity index (χ1) is 6.84. The molecule has 1 aliphatic heterocycles. The van der Waals surface area contributed by atoms with Gasteiger partial charge in [0.1, 0.15) is 0 Å². The molecule has 0 spiro atoms. The molecule has 1 unspecified atom stereocenters. The van der Waals surface area contributed by atoms with E-state index in [-0.39, 0.29) is 0 Å². The van der Waals surface area contributed by atoms with Crippen molar-refractivity contribution in [3.8, 4) is 0 Å². The summed E-state index contributed by atoms with van der Waals surface area (Å²) in [5.41, 5.74) is 0. The quantitative estimate of drug-likeness (QED) is 0.886. The molecule has 0 aromatic heterocycles. The summed E-state index contributed by atoms with van der Waals surface area (Å²) in [5.74, 6) is 0. The highest BCUT2D eigenvalue weighted by molar-refractivity contribution is 9.10. The lowest BCUT2D eigenvalue weighted by Crippen LogP contribution is -2.31. The van der Waals surface area contributed by atoms with Crippen LogP contribution in [0.25, 0.3) is 0 Å². The standard InChI is InChI=1S/C11H14BrNS/c12-9-3-5-10(6-4-9)14-11-2-1-7-13-8-11/h3-6,11,13H,1-2,7-8H2. The summed E-state index contributed by atoms with van der Waals surface area (Å²) in [6, 6.07) is 8.59. The predicted octanol–water partition coefficient (Wildman–Crippen LogP) is 3.29. The zero-order valence-corrected chi connectivity index (χ0v) is 10.4. The van der Waals surface area contributed by atoms with Gasteiger partial charge in [-0.2, -0.15) is 0 Å². The van der Waals surface area contributed by atoms with E-state index in [1.165, 1.54) is 24.3 Å². The molecule has 1 aliphatic rings. The third-order valence-electron chi connectivity index (χ3n) is 2.37. The van der Waals surface area contributed by atoms with Gasteiger partial charge < -0.3 is 5.32 Å². The molecule has 1 heterocycles. The number of hydrogen-bond donors (Lipinski definition) is 1. The number of rotatable bonds is 2. The topological polar surface area (TPSA) is 12.0 Å². The highest BCUT2D eigenvalue weighted by Crippen LogP contribution is 2.28. The minimum atomic E-state index is 0.755. The summed E-state index contributed by atoms with van der Waals surface area (Å²) in [6.45, 7) is 2.35. The Morgan fingerprint density at radius 2 is 2.07 bits per heavy atom. The number of hydrogen-bond acceptors (Lipinski definition) is 2. The summed E-state index contributed by atoms with van der Waals surface area (Å²) >= 11 is 5.44. The zero-order chi connectivity index (χ0) is 9.80. The molecule has 0 aliphatic carbocycles. The summed E-state index contributed by atoms with van der Waals surface area (Å²) in [6.07, 6.45) is 2.65. The number of piperidine rings is 1. The van der Waals surface area contributed by atoms with Crippen LogP contribution in [0.15, 0.2) is 33.6 Å². The Balaban J connectivity index is 1.92. The number of halogens is 1. The third-order valence-corrected chi connectivity index (χ3v) is 4.18. The average molecular weight is 272 g/mol. The summed E-state index contributed by atoms with van der Waals surface area (Å²) in [5, 5.41) is 4.19. The molecule has 1 fully saturated rings. The van der Waals surface area contributed by atoms with Gasteiger partial charge in [0.2, 0.25) is 0 Å². The van der Waals surface area contributed by atoms with Crippen LogP contribution in [0.4, 0.5) is 0 Å². The Morgan fingerprint density at radius 1 is 1.29 bits per heavy atom. The van der Waals surface area contributed by atoms with Crippen molar-refractivity contribution in [2.75, 3.05) is 13.1 Å². The monoisotopic (exact) mass is 271 g/mol. The van der Waals surface area contributed by atoms with Crippen molar-refractivity contribution >= 4 is 27.7 Å². The fraction of sp³-hybridized carbons (Fsp3) is 0.455. The minimum Gasteiger partial charge on any atom is -0.316 e. The van der Waals surface area contributed by atoms with Crippen molar-refractivity contribution in [3.05, 3.63) is 28.7 Å². The van der Waals surface area contributed by atoms with Crippen molar-refractivity contribution in [1.29, 1.82) is 0 Å². The molecule has 3 heteroatoms. The highest BCUT2D eigenvalue weighted by atomic mass is 79.9. The molecule has 1 saturated heterocycles. The summed E-state index contributed by atoms with van der Waals surface area (Å²) < 4.78 is 1.16. The van der Waals surface area contributed by atoms with E-state index in [9.17, 15) is 0 Å².